The Kier molecular flexibility index (Phi) is 2.20. The molecular formula is C13H24. The molecule has 13 heavy (non-hydrogen) atoms. The van der Waals surface area contributed by atoms with Crippen LogP contribution in [0, 0.1) is 29.1 Å². The maximum atomic E-state index is 2.48. The van der Waals surface area contributed by atoms with Crippen molar-refractivity contribution in [1.29, 1.82) is 0 Å². The molecule has 2 saturated carbocycles. The Balaban J connectivity index is 2.03. The lowest BCUT2D eigenvalue weighted by atomic mass is 9.73. The summed E-state index contributed by atoms with van der Waals surface area (Å²) in [5, 5.41) is 0. The topological polar surface area (TPSA) is 0 Å². The number of rotatable bonds is 4. The van der Waals surface area contributed by atoms with E-state index in [4.69, 9.17) is 0 Å². The first-order chi connectivity index (χ1) is 6.18. The van der Waals surface area contributed by atoms with Crippen LogP contribution in [0.25, 0.3) is 0 Å². The van der Waals surface area contributed by atoms with Crippen molar-refractivity contribution < 1.29 is 0 Å². The van der Waals surface area contributed by atoms with Crippen LogP contribution in [0.4, 0.5) is 0 Å². The highest BCUT2D eigenvalue weighted by Gasteiger charge is 2.72. The Morgan fingerprint density at radius 3 is 2.31 bits per heavy atom. The second-order valence-corrected chi connectivity index (χ2v) is 5.48. The predicted molar refractivity (Wildman–Crippen MR) is 57.6 cm³/mol. The zero-order valence-electron chi connectivity index (χ0n) is 9.64. The van der Waals surface area contributed by atoms with Crippen LogP contribution in [0.5, 0.6) is 0 Å². The zero-order valence-corrected chi connectivity index (χ0v) is 9.64. The molecule has 2 rings (SSSR count). The van der Waals surface area contributed by atoms with E-state index in [1.807, 2.05) is 0 Å². The van der Waals surface area contributed by atoms with Crippen molar-refractivity contribution >= 4 is 0 Å². The smallest absolute Gasteiger partial charge is 0.0207 e. The van der Waals surface area contributed by atoms with Crippen LogP contribution in [0.15, 0.2) is 0 Å². The van der Waals surface area contributed by atoms with Crippen LogP contribution < -0.4 is 0 Å². The molecule has 0 N–H and O–H groups in total. The van der Waals surface area contributed by atoms with Gasteiger partial charge in [-0.15, -0.1) is 0 Å². The van der Waals surface area contributed by atoms with Crippen molar-refractivity contribution in [1.82, 2.24) is 0 Å². The number of hydrogen-bond acceptors (Lipinski definition) is 0. The van der Waals surface area contributed by atoms with Gasteiger partial charge in [0.25, 0.3) is 0 Å². The third-order valence-corrected chi connectivity index (χ3v) is 5.31. The maximum Gasteiger partial charge on any atom is -0.0207 e. The molecule has 5 unspecified atom stereocenters. The molecular weight excluding hydrogens is 156 g/mol. The molecule has 5 atom stereocenters. The van der Waals surface area contributed by atoms with E-state index in [1.54, 1.807) is 12.8 Å². The van der Waals surface area contributed by atoms with Gasteiger partial charge in [-0.1, -0.05) is 40.5 Å². The van der Waals surface area contributed by atoms with E-state index in [9.17, 15) is 0 Å². The molecule has 0 aromatic heterocycles. The van der Waals surface area contributed by atoms with Gasteiger partial charge in [0, 0.05) is 0 Å². The van der Waals surface area contributed by atoms with Gasteiger partial charge in [0.2, 0.25) is 0 Å². The highest BCUT2D eigenvalue weighted by atomic mass is 14.8. The third-order valence-electron chi connectivity index (χ3n) is 5.31. The largest absolute Gasteiger partial charge is 0.0651 e. The van der Waals surface area contributed by atoms with Crippen LogP contribution in [-0.4, -0.2) is 0 Å². The van der Waals surface area contributed by atoms with E-state index in [2.05, 4.69) is 27.7 Å². The molecule has 0 radical (unpaired) electrons. The number of hydrogen-bond donors (Lipinski definition) is 0. The van der Waals surface area contributed by atoms with E-state index >= 15 is 0 Å². The van der Waals surface area contributed by atoms with Crippen LogP contribution in [0.1, 0.15) is 53.4 Å². The van der Waals surface area contributed by atoms with E-state index in [1.165, 1.54) is 12.8 Å². The summed E-state index contributed by atoms with van der Waals surface area (Å²) in [6.07, 6.45) is 5.86. The second-order valence-electron chi connectivity index (χ2n) is 5.48. The standard InChI is InChI=1S/C13H24/c1-5-9(3)12-11-7-8-13(11,12)10(4)6-2/h9-12H,5-8H2,1-4H3. The van der Waals surface area contributed by atoms with E-state index in [-0.39, 0.29) is 0 Å². The molecule has 0 spiro atoms. The van der Waals surface area contributed by atoms with Gasteiger partial charge in [0.15, 0.2) is 0 Å². The van der Waals surface area contributed by atoms with Crippen LogP contribution in [-0.2, 0) is 0 Å². The Bertz CT molecular complexity index is 196. The summed E-state index contributed by atoms with van der Waals surface area (Å²) in [5.41, 5.74) is 0.837. The van der Waals surface area contributed by atoms with E-state index in [0.29, 0.717) is 0 Å². The Labute approximate surface area is 83.1 Å². The molecule has 0 aromatic rings. The van der Waals surface area contributed by atoms with E-state index < -0.39 is 0 Å². The molecule has 0 bridgehead atoms. The first-order valence-corrected chi connectivity index (χ1v) is 6.18. The minimum absolute atomic E-state index is 0.837. The fraction of sp³-hybridized carbons (Fsp3) is 1.00. The molecule has 0 saturated heterocycles. The Morgan fingerprint density at radius 1 is 1.23 bits per heavy atom. The molecule has 0 amide bonds. The molecule has 0 heteroatoms. The van der Waals surface area contributed by atoms with Crippen molar-refractivity contribution in [3.63, 3.8) is 0 Å². The first kappa shape index (κ1) is 9.55. The van der Waals surface area contributed by atoms with Gasteiger partial charge in [-0.2, -0.15) is 0 Å². The van der Waals surface area contributed by atoms with Gasteiger partial charge >= 0.3 is 0 Å². The number of fused-ring (bicyclic) bond motifs is 1. The van der Waals surface area contributed by atoms with Crippen molar-refractivity contribution in [2.75, 3.05) is 0 Å². The minimum Gasteiger partial charge on any atom is -0.0651 e. The quantitative estimate of drug-likeness (QED) is 0.611. The lowest BCUT2D eigenvalue weighted by molar-refractivity contribution is 0.177. The van der Waals surface area contributed by atoms with Gasteiger partial charge < -0.3 is 0 Å². The molecule has 0 heterocycles. The first-order valence-electron chi connectivity index (χ1n) is 6.18. The Morgan fingerprint density at radius 2 is 1.92 bits per heavy atom. The summed E-state index contributed by atoms with van der Waals surface area (Å²) in [5.74, 6) is 4.22. The van der Waals surface area contributed by atoms with Crippen molar-refractivity contribution in [2.45, 2.75) is 53.4 Å². The summed E-state index contributed by atoms with van der Waals surface area (Å²) in [6, 6.07) is 0. The minimum atomic E-state index is 0.837. The van der Waals surface area contributed by atoms with Crippen LogP contribution in [0.3, 0.4) is 0 Å². The summed E-state index contributed by atoms with van der Waals surface area (Å²) in [7, 11) is 0. The molecule has 0 aromatic carbocycles. The van der Waals surface area contributed by atoms with Crippen LogP contribution >= 0.6 is 0 Å². The monoisotopic (exact) mass is 180 g/mol. The highest BCUT2D eigenvalue weighted by Crippen LogP contribution is 2.78. The lowest BCUT2D eigenvalue weighted by Crippen LogP contribution is -2.23. The average Bonchev–Trinajstić information content (AvgIpc) is 2.61. The average molecular weight is 180 g/mol. The SMILES string of the molecule is CCC(C)C1C2CCC21C(C)CC. The normalized spacial score (nSPS) is 46.2. The Hall–Kier alpha value is 0. The molecule has 0 aliphatic heterocycles. The fourth-order valence-electron chi connectivity index (χ4n) is 4.06. The summed E-state index contributed by atoms with van der Waals surface area (Å²) in [6.45, 7) is 9.66. The van der Waals surface area contributed by atoms with Gasteiger partial charge in [0.1, 0.15) is 0 Å². The summed E-state index contributed by atoms with van der Waals surface area (Å²) < 4.78 is 0. The highest BCUT2D eigenvalue weighted by molar-refractivity contribution is 5.20. The van der Waals surface area contributed by atoms with Crippen molar-refractivity contribution in [2.24, 2.45) is 29.1 Å². The molecule has 0 nitrogen and oxygen atoms in total. The van der Waals surface area contributed by atoms with Crippen LogP contribution in [0.2, 0.25) is 0 Å². The molecule has 2 fully saturated rings. The van der Waals surface area contributed by atoms with Gasteiger partial charge in [-0.05, 0) is 41.9 Å². The molecule has 2 aliphatic carbocycles. The second kappa shape index (κ2) is 3.00. The van der Waals surface area contributed by atoms with Crippen molar-refractivity contribution in [3.8, 4) is 0 Å². The van der Waals surface area contributed by atoms with Gasteiger partial charge in [0.05, 0.1) is 0 Å². The fourth-order valence-corrected chi connectivity index (χ4v) is 4.06. The zero-order chi connectivity index (χ0) is 9.64. The third kappa shape index (κ3) is 1.04. The predicted octanol–water partition coefficient (Wildman–Crippen LogP) is 4.10. The summed E-state index contributed by atoms with van der Waals surface area (Å²) in [4.78, 5) is 0. The molecule has 76 valence electrons. The molecule has 2 aliphatic rings. The van der Waals surface area contributed by atoms with Crippen molar-refractivity contribution in [3.05, 3.63) is 0 Å². The van der Waals surface area contributed by atoms with Gasteiger partial charge in [-0.3, -0.25) is 0 Å². The maximum absolute atomic E-state index is 2.48. The summed E-state index contributed by atoms with van der Waals surface area (Å²) >= 11 is 0. The van der Waals surface area contributed by atoms with Gasteiger partial charge in [-0.25, -0.2) is 0 Å². The van der Waals surface area contributed by atoms with E-state index in [0.717, 1.165) is 29.1 Å². The lowest BCUT2D eigenvalue weighted by Gasteiger charge is -2.32.